The fraction of sp³-hybridized carbons (Fsp3) is 0.206. The molecule has 0 aliphatic rings. The molecule has 4 aromatic rings. The van der Waals surface area contributed by atoms with Crippen molar-refractivity contribution in [1.82, 2.24) is 10.2 Å². The first-order valence-corrected chi connectivity index (χ1v) is 14.0. The van der Waals surface area contributed by atoms with Crippen molar-refractivity contribution in [2.24, 2.45) is 0 Å². The van der Waals surface area contributed by atoms with Gasteiger partial charge in [-0.25, -0.2) is 0 Å². The topological polar surface area (TPSA) is 86.7 Å². The van der Waals surface area contributed by atoms with E-state index in [4.69, 9.17) is 11.6 Å². The second kappa shape index (κ2) is 14.3. The quantitative estimate of drug-likeness (QED) is 0.195. The molecule has 41 heavy (non-hydrogen) atoms. The minimum Gasteiger partial charge on any atom is -0.481 e. The number of rotatable bonds is 12. The number of aryl methyl sites for hydroxylation is 1. The molecule has 0 bridgehead atoms. The molecule has 0 radical (unpaired) electrons. The molecular weight excluding hydrogens is 536 g/mol. The van der Waals surface area contributed by atoms with E-state index in [9.17, 15) is 19.5 Å². The van der Waals surface area contributed by atoms with Gasteiger partial charge in [0, 0.05) is 35.3 Å². The van der Waals surface area contributed by atoms with Gasteiger partial charge in [0.25, 0.3) is 11.8 Å². The van der Waals surface area contributed by atoms with E-state index in [0.29, 0.717) is 33.7 Å². The standard InChI is InChI=1S/C34H33ClN2O4/c1-24(19-20-25-11-3-2-4-12-25)37(22-21-32(38)39)34(41)30-17-9-7-15-28(30)27-14-6-8-16-29(27)33(40)36-23-26-13-5-10-18-31(26)35/h2-18,24H,19-23H2,1H3,(H,36,40)(H,38,39). The number of nitrogens with one attached hydrogen (secondary N) is 1. The van der Waals surface area contributed by atoms with Crippen LogP contribution in [0.5, 0.6) is 0 Å². The van der Waals surface area contributed by atoms with Crippen molar-refractivity contribution in [2.45, 2.75) is 38.8 Å². The van der Waals surface area contributed by atoms with Gasteiger partial charge in [-0.3, -0.25) is 14.4 Å². The summed E-state index contributed by atoms with van der Waals surface area (Å²) in [5.74, 6) is -1.53. The van der Waals surface area contributed by atoms with Crippen LogP contribution in [0.3, 0.4) is 0 Å². The maximum absolute atomic E-state index is 14.1. The first kappa shape index (κ1) is 29.6. The second-order valence-electron chi connectivity index (χ2n) is 9.88. The average Bonchev–Trinajstić information content (AvgIpc) is 3.00. The molecule has 0 aliphatic heterocycles. The third-order valence-corrected chi connectivity index (χ3v) is 7.44. The van der Waals surface area contributed by atoms with Crippen LogP contribution in [0.25, 0.3) is 11.1 Å². The summed E-state index contributed by atoms with van der Waals surface area (Å²) in [6.07, 6.45) is 1.28. The fourth-order valence-electron chi connectivity index (χ4n) is 4.80. The Balaban J connectivity index is 1.61. The molecule has 0 spiro atoms. The predicted molar refractivity (Wildman–Crippen MR) is 162 cm³/mol. The Hall–Kier alpha value is -4.42. The third kappa shape index (κ3) is 7.83. The van der Waals surface area contributed by atoms with Crippen LogP contribution >= 0.6 is 11.6 Å². The number of carbonyl (C=O) groups excluding carboxylic acids is 2. The predicted octanol–water partition coefficient (Wildman–Crippen LogP) is 6.88. The summed E-state index contributed by atoms with van der Waals surface area (Å²) in [5.41, 5.74) is 4.01. The lowest BCUT2D eigenvalue weighted by atomic mass is 9.93. The molecule has 6 nitrogen and oxygen atoms in total. The fourth-order valence-corrected chi connectivity index (χ4v) is 5.00. The van der Waals surface area contributed by atoms with Gasteiger partial charge in [-0.05, 0) is 60.2 Å². The Kier molecular flexibility index (Phi) is 10.3. The highest BCUT2D eigenvalue weighted by Crippen LogP contribution is 2.29. The van der Waals surface area contributed by atoms with Gasteiger partial charge in [0.1, 0.15) is 0 Å². The number of carbonyl (C=O) groups is 3. The third-order valence-electron chi connectivity index (χ3n) is 7.07. The molecule has 4 aromatic carbocycles. The lowest BCUT2D eigenvalue weighted by Crippen LogP contribution is -2.40. The van der Waals surface area contributed by atoms with Gasteiger partial charge in [-0.15, -0.1) is 0 Å². The van der Waals surface area contributed by atoms with Crippen molar-refractivity contribution in [2.75, 3.05) is 6.54 Å². The molecule has 0 heterocycles. The Morgan fingerprint density at radius 3 is 2.07 bits per heavy atom. The Morgan fingerprint density at radius 1 is 0.805 bits per heavy atom. The number of nitrogens with zero attached hydrogens (tertiary/aromatic N) is 1. The number of benzene rings is 4. The molecule has 2 amide bonds. The largest absolute Gasteiger partial charge is 0.481 e. The number of amides is 2. The molecule has 210 valence electrons. The van der Waals surface area contributed by atoms with Crippen LogP contribution in [-0.2, 0) is 17.8 Å². The molecule has 0 aromatic heterocycles. The van der Waals surface area contributed by atoms with Crippen molar-refractivity contribution < 1.29 is 19.5 Å². The minimum absolute atomic E-state index is 0.0818. The van der Waals surface area contributed by atoms with E-state index in [1.807, 2.05) is 79.7 Å². The number of hydrogen-bond acceptors (Lipinski definition) is 3. The lowest BCUT2D eigenvalue weighted by molar-refractivity contribution is -0.137. The van der Waals surface area contributed by atoms with Crippen LogP contribution in [0.2, 0.25) is 5.02 Å². The zero-order valence-corrected chi connectivity index (χ0v) is 23.7. The van der Waals surface area contributed by atoms with Gasteiger partial charge in [0.15, 0.2) is 0 Å². The van der Waals surface area contributed by atoms with E-state index in [1.165, 1.54) is 0 Å². The smallest absolute Gasteiger partial charge is 0.305 e. The lowest BCUT2D eigenvalue weighted by Gasteiger charge is -2.30. The summed E-state index contributed by atoms with van der Waals surface area (Å²) >= 11 is 6.26. The van der Waals surface area contributed by atoms with Gasteiger partial charge in [0.05, 0.1) is 6.42 Å². The minimum atomic E-state index is -0.966. The van der Waals surface area contributed by atoms with E-state index < -0.39 is 5.97 Å². The molecule has 7 heteroatoms. The van der Waals surface area contributed by atoms with Crippen LogP contribution in [0, 0.1) is 0 Å². The zero-order valence-electron chi connectivity index (χ0n) is 22.9. The van der Waals surface area contributed by atoms with Gasteiger partial charge < -0.3 is 15.3 Å². The van der Waals surface area contributed by atoms with Crippen LogP contribution in [0.1, 0.15) is 51.6 Å². The zero-order chi connectivity index (χ0) is 29.2. The van der Waals surface area contributed by atoms with Crippen molar-refractivity contribution in [3.05, 3.63) is 130 Å². The number of hydrogen-bond donors (Lipinski definition) is 2. The van der Waals surface area contributed by atoms with E-state index in [0.717, 1.165) is 17.5 Å². The van der Waals surface area contributed by atoms with Crippen LogP contribution in [-0.4, -0.2) is 40.4 Å². The van der Waals surface area contributed by atoms with E-state index in [-0.39, 0.29) is 37.4 Å². The van der Waals surface area contributed by atoms with Gasteiger partial charge in [-0.1, -0.05) is 96.5 Å². The molecule has 1 unspecified atom stereocenters. The van der Waals surface area contributed by atoms with Crippen molar-refractivity contribution in [3.63, 3.8) is 0 Å². The van der Waals surface area contributed by atoms with Gasteiger partial charge in [-0.2, -0.15) is 0 Å². The van der Waals surface area contributed by atoms with E-state index in [1.54, 1.807) is 35.2 Å². The molecule has 0 saturated heterocycles. The van der Waals surface area contributed by atoms with Crippen LogP contribution in [0.4, 0.5) is 0 Å². The first-order chi connectivity index (χ1) is 19.8. The molecule has 0 aliphatic carbocycles. The molecular formula is C34H33ClN2O4. The van der Waals surface area contributed by atoms with Crippen LogP contribution < -0.4 is 5.32 Å². The van der Waals surface area contributed by atoms with E-state index >= 15 is 0 Å². The first-order valence-electron chi connectivity index (χ1n) is 13.6. The van der Waals surface area contributed by atoms with Crippen molar-refractivity contribution >= 4 is 29.4 Å². The molecule has 4 rings (SSSR count). The Morgan fingerprint density at radius 2 is 1.39 bits per heavy atom. The number of carboxylic acids is 1. The number of carboxylic acid groups (broad SMARTS) is 1. The Bertz CT molecular complexity index is 1510. The Labute approximate surface area is 245 Å². The SMILES string of the molecule is CC(CCc1ccccc1)N(CCC(=O)O)C(=O)c1ccccc1-c1ccccc1C(=O)NCc1ccccc1Cl. The number of aliphatic carboxylic acids is 1. The summed E-state index contributed by atoms with van der Waals surface area (Å²) in [6, 6.07) is 31.4. The summed E-state index contributed by atoms with van der Waals surface area (Å²) in [7, 11) is 0. The monoisotopic (exact) mass is 568 g/mol. The molecule has 0 fully saturated rings. The summed E-state index contributed by atoms with van der Waals surface area (Å²) in [5, 5.41) is 12.9. The molecule has 1 atom stereocenters. The number of halogens is 1. The summed E-state index contributed by atoms with van der Waals surface area (Å²) in [6.45, 7) is 2.29. The highest BCUT2D eigenvalue weighted by molar-refractivity contribution is 6.31. The highest BCUT2D eigenvalue weighted by Gasteiger charge is 2.26. The summed E-state index contributed by atoms with van der Waals surface area (Å²) in [4.78, 5) is 40.5. The molecule has 2 N–H and O–H groups in total. The van der Waals surface area contributed by atoms with Gasteiger partial charge in [0.2, 0.25) is 0 Å². The normalized spacial score (nSPS) is 11.5. The molecule has 0 saturated carbocycles. The van der Waals surface area contributed by atoms with Crippen molar-refractivity contribution in [1.29, 1.82) is 0 Å². The van der Waals surface area contributed by atoms with Crippen molar-refractivity contribution in [3.8, 4) is 11.1 Å². The maximum atomic E-state index is 14.1. The van der Waals surface area contributed by atoms with Gasteiger partial charge >= 0.3 is 5.97 Å². The second-order valence-corrected chi connectivity index (χ2v) is 10.3. The van der Waals surface area contributed by atoms with Crippen LogP contribution in [0.15, 0.2) is 103 Å². The average molecular weight is 569 g/mol. The maximum Gasteiger partial charge on any atom is 0.305 e. The summed E-state index contributed by atoms with van der Waals surface area (Å²) < 4.78 is 0. The van der Waals surface area contributed by atoms with E-state index in [2.05, 4.69) is 5.32 Å². The highest BCUT2D eigenvalue weighted by atomic mass is 35.5.